The van der Waals surface area contributed by atoms with Crippen LogP contribution in [0, 0.1) is 11.8 Å². The minimum absolute atomic E-state index is 0.812. The van der Waals surface area contributed by atoms with Crippen LogP contribution in [0.3, 0.4) is 0 Å². The Bertz CT molecular complexity index is 120. The summed E-state index contributed by atoms with van der Waals surface area (Å²) in [4.78, 5) is 0. The molecule has 0 aromatic heterocycles. The molecule has 0 unspecified atom stereocenters. The normalized spacial score (nSPS) is 12.2. The van der Waals surface area contributed by atoms with Crippen LogP contribution >= 0.6 is 0 Å². The highest BCUT2D eigenvalue weighted by Crippen LogP contribution is 2.09. The number of allylic oxidation sites excluding steroid dienone is 2. The minimum Gasteiger partial charge on any atom is -0.0885 e. The second-order valence-electron chi connectivity index (χ2n) is 4.78. The maximum atomic E-state index is 2.35. The zero-order valence-corrected chi connectivity index (χ0v) is 9.84. The summed E-state index contributed by atoms with van der Waals surface area (Å²) >= 11 is 0. The predicted octanol–water partition coefficient (Wildman–Crippen LogP) is 4.81. The number of rotatable bonds is 7. The van der Waals surface area contributed by atoms with Gasteiger partial charge in [-0.15, -0.1) is 0 Å². The van der Waals surface area contributed by atoms with Gasteiger partial charge in [-0.3, -0.25) is 0 Å². The summed E-state index contributed by atoms with van der Waals surface area (Å²) in [5.41, 5.74) is 0. The fourth-order valence-corrected chi connectivity index (χ4v) is 1.30. The summed E-state index contributed by atoms with van der Waals surface area (Å²) in [6, 6.07) is 0. The molecule has 0 aromatic carbocycles. The van der Waals surface area contributed by atoms with Crippen molar-refractivity contribution in [3.63, 3.8) is 0 Å². The molecule has 0 saturated carbocycles. The molecule has 0 amide bonds. The van der Waals surface area contributed by atoms with E-state index in [0.29, 0.717) is 0 Å². The number of unbranched alkanes of at least 4 members (excludes halogenated alkanes) is 2. The fourth-order valence-electron chi connectivity index (χ4n) is 1.30. The van der Waals surface area contributed by atoms with E-state index < -0.39 is 0 Å². The second-order valence-corrected chi connectivity index (χ2v) is 4.78. The highest BCUT2D eigenvalue weighted by atomic mass is 14.0. The summed E-state index contributed by atoms with van der Waals surface area (Å²) in [6.45, 7) is 9.13. The highest BCUT2D eigenvalue weighted by Gasteiger charge is 1.92. The first-order valence-corrected chi connectivity index (χ1v) is 5.78. The van der Waals surface area contributed by atoms with Crippen LogP contribution in [0.1, 0.15) is 59.8 Å². The van der Waals surface area contributed by atoms with Crippen molar-refractivity contribution in [1.82, 2.24) is 0 Å². The molecular formula is C13H26. The zero-order chi connectivity index (χ0) is 10.1. The molecule has 0 atom stereocenters. The fraction of sp³-hybridized carbons (Fsp3) is 0.846. The Morgan fingerprint density at radius 1 is 0.846 bits per heavy atom. The lowest BCUT2D eigenvalue weighted by Gasteiger charge is -2.02. The van der Waals surface area contributed by atoms with E-state index in [9.17, 15) is 0 Å². The van der Waals surface area contributed by atoms with Crippen molar-refractivity contribution in [1.29, 1.82) is 0 Å². The molecule has 0 fully saturated rings. The average molecular weight is 182 g/mol. The van der Waals surface area contributed by atoms with Crippen LogP contribution in [0.15, 0.2) is 12.2 Å². The maximum absolute atomic E-state index is 2.35. The summed E-state index contributed by atoms with van der Waals surface area (Å²) < 4.78 is 0. The van der Waals surface area contributed by atoms with Crippen molar-refractivity contribution in [3.8, 4) is 0 Å². The Morgan fingerprint density at radius 2 is 1.54 bits per heavy atom. The van der Waals surface area contributed by atoms with Crippen LogP contribution < -0.4 is 0 Å². The molecule has 0 rings (SSSR count). The molecule has 0 bridgehead atoms. The summed E-state index contributed by atoms with van der Waals surface area (Å²) in [5.74, 6) is 1.69. The quantitative estimate of drug-likeness (QED) is 0.392. The van der Waals surface area contributed by atoms with Gasteiger partial charge in [0, 0.05) is 0 Å². The van der Waals surface area contributed by atoms with Crippen LogP contribution in [-0.4, -0.2) is 0 Å². The first-order valence-electron chi connectivity index (χ1n) is 5.78. The van der Waals surface area contributed by atoms with Gasteiger partial charge in [0.2, 0.25) is 0 Å². The van der Waals surface area contributed by atoms with Gasteiger partial charge in [-0.1, -0.05) is 52.7 Å². The second kappa shape index (κ2) is 8.34. The van der Waals surface area contributed by atoms with Crippen LogP contribution in [0.4, 0.5) is 0 Å². The maximum Gasteiger partial charge on any atom is -0.0327 e. The standard InChI is InChI=1S/C13H26/c1-12(2)10-8-6-5-7-9-11-13(3)4/h6,8,12-13H,5,7,9-11H2,1-4H3/b8-6+. The topological polar surface area (TPSA) is 0 Å². The van der Waals surface area contributed by atoms with E-state index in [1.807, 2.05) is 0 Å². The predicted molar refractivity (Wildman–Crippen MR) is 61.9 cm³/mol. The van der Waals surface area contributed by atoms with Gasteiger partial charge in [0.15, 0.2) is 0 Å². The van der Waals surface area contributed by atoms with Gasteiger partial charge in [-0.05, 0) is 31.1 Å². The molecular weight excluding hydrogens is 156 g/mol. The van der Waals surface area contributed by atoms with Crippen molar-refractivity contribution >= 4 is 0 Å². The Hall–Kier alpha value is -0.260. The Kier molecular flexibility index (Phi) is 8.18. The third-order valence-electron chi connectivity index (χ3n) is 2.18. The van der Waals surface area contributed by atoms with Gasteiger partial charge in [-0.25, -0.2) is 0 Å². The lowest BCUT2D eigenvalue weighted by Crippen LogP contribution is -1.86. The smallest absolute Gasteiger partial charge is 0.0327 e. The Balaban J connectivity index is 3.11. The molecule has 0 spiro atoms. The van der Waals surface area contributed by atoms with E-state index in [0.717, 1.165) is 11.8 Å². The van der Waals surface area contributed by atoms with Crippen molar-refractivity contribution in [2.45, 2.75) is 59.8 Å². The van der Waals surface area contributed by atoms with Gasteiger partial charge in [0.05, 0.1) is 0 Å². The molecule has 0 aliphatic carbocycles. The molecule has 0 saturated heterocycles. The van der Waals surface area contributed by atoms with Crippen molar-refractivity contribution < 1.29 is 0 Å². The Morgan fingerprint density at radius 3 is 2.08 bits per heavy atom. The first kappa shape index (κ1) is 12.7. The van der Waals surface area contributed by atoms with E-state index in [2.05, 4.69) is 39.8 Å². The van der Waals surface area contributed by atoms with E-state index in [-0.39, 0.29) is 0 Å². The molecule has 0 nitrogen and oxygen atoms in total. The SMILES string of the molecule is CC(C)C/C=C/CCCCC(C)C. The third-order valence-corrected chi connectivity index (χ3v) is 2.18. The monoisotopic (exact) mass is 182 g/mol. The lowest BCUT2D eigenvalue weighted by atomic mass is 10.0. The molecule has 0 aromatic rings. The van der Waals surface area contributed by atoms with E-state index in [1.54, 1.807) is 0 Å². The lowest BCUT2D eigenvalue weighted by molar-refractivity contribution is 0.540. The highest BCUT2D eigenvalue weighted by molar-refractivity contribution is 4.82. The summed E-state index contributed by atoms with van der Waals surface area (Å²) in [5, 5.41) is 0. The zero-order valence-electron chi connectivity index (χ0n) is 9.84. The molecule has 0 N–H and O–H groups in total. The number of hydrogen-bond donors (Lipinski definition) is 0. The molecule has 0 aliphatic heterocycles. The van der Waals surface area contributed by atoms with Crippen LogP contribution in [0.25, 0.3) is 0 Å². The van der Waals surface area contributed by atoms with Crippen molar-refractivity contribution in [2.24, 2.45) is 11.8 Å². The van der Waals surface area contributed by atoms with Gasteiger partial charge in [-0.2, -0.15) is 0 Å². The van der Waals surface area contributed by atoms with Crippen molar-refractivity contribution in [2.75, 3.05) is 0 Å². The third kappa shape index (κ3) is 11.7. The molecule has 0 aliphatic rings. The summed E-state index contributed by atoms with van der Waals surface area (Å²) in [7, 11) is 0. The van der Waals surface area contributed by atoms with Gasteiger partial charge in [0.1, 0.15) is 0 Å². The minimum atomic E-state index is 0.812. The van der Waals surface area contributed by atoms with Crippen LogP contribution in [0.5, 0.6) is 0 Å². The molecule has 0 radical (unpaired) electrons. The number of hydrogen-bond acceptors (Lipinski definition) is 0. The van der Waals surface area contributed by atoms with Gasteiger partial charge < -0.3 is 0 Å². The molecule has 0 heteroatoms. The van der Waals surface area contributed by atoms with Crippen LogP contribution in [-0.2, 0) is 0 Å². The summed E-state index contributed by atoms with van der Waals surface area (Å²) in [6.07, 6.45) is 11.3. The first-order chi connectivity index (χ1) is 6.13. The van der Waals surface area contributed by atoms with E-state index >= 15 is 0 Å². The largest absolute Gasteiger partial charge is 0.0885 e. The van der Waals surface area contributed by atoms with Gasteiger partial charge in [0.25, 0.3) is 0 Å². The Labute approximate surface area is 84.4 Å². The van der Waals surface area contributed by atoms with E-state index in [4.69, 9.17) is 0 Å². The average Bonchev–Trinajstić information content (AvgIpc) is 2.01. The molecule has 0 heterocycles. The van der Waals surface area contributed by atoms with Crippen molar-refractivity contribution in [3.05, 3.63) is 12.2 Å². The molecule has 13 heavy (non-hydrogen) atoms. The molecule has 78 valence electrons. The van der Waals surface area contributed by atoms with E-state index in [1.165, 1.54) is 32.1 Å². The van der Waals surface area contributed by atoms with Crippen LogP contribution in [0.2, 0.25) is 0 Å². The van der Waals surface area contributed by atoms with Gasteiger partial charge >= 0.3 is 0 Å².